The maximum Gasteiger partial charge on any atom is 0.293 e. The van der Waals surface area contributed by atoms with E-state index in [0.717, 1.165) is 25.3 Å². The van der Waals surface area contributed by atoms with Crippen LogP contribution < -0.4 is 0 Å². The van der Waals surface area contributed by atoms with E-state index in [1.807, 2.05) is 17.9 Å². The van der Waals surface area contributed by atoms with Gasteiger partial charge in [-0.1, -0.05) is 6.42 Å². The lowest BCUT2D eigenvalue weighted by Crippen LogP contribution is -2.56. The first kappa shape index (κ1) is 13.6. The minimum atomic E-state index is -0.0740. The van der Waals surface area contributed by atoms with Gasteiger partial charge in [-0.05, 0) is 32.4 Å². The van der Waals surface area contributed by atoms with E-state index in [1.165, 1.54) is 25.8 Å². The fourth-order valence-electron chi connectivity index (χ4n) is 3.48. The molecule has 4 rings (SSSR count). The minimum Gasteiger partial charge on any atom is -0.333 e. The number of rotatable bonds is 1. The first-order valence-electron chi connectivity index (χ1n) is 7.94. The number of hydrogen-bond acceptors (Lipinski definition) is 5. The maximum absolute atomic E-state index is 12.7. The molecule has 1 atom stereocenters. The molecule has 0 aliphatic carbocycles. The van der Waals surface area contributed by atoms with Gasteiger partial charge in [-0.15, -0.1) is 5.10 Å². The van der Waals surface area contributed by atoms with Crippen LogP contribution in [-0.2, 0) is 0 Å². The fraction of sp³-hybridized carbons (Fsp3) is 0.600. The van der Waals surface area contributed by atoms with E-state index >= 15 is 0 Å². The molecule has 0 N–H and O–H groups in total. The fourth-order valence-corrected chi connectivity index (χ4v) is 3.48. The maximum atomic E-state index is 12.7. The largest absolute Gasteiger partial charge is 0.333 e. The predicted octanol–water partition coefficient (Wildman–Crippen LogP) is 0.743. The van der Waals surface area contributed by atoms with Gasteiger partial charge in [0, 0.05) is 37.6 Å². The Morgan fingerprint density at radius 1 is 1.27 bits per heavy atom. The van der Waals surface area contributed by atoms with Gasteiger partial charge < -0.3 is 4.90 Å². The zero-order valence-corrected chi connectivity index (χ0v) is 12.8. The lowest BCUT2D eigenvalue weighted by atomic mass is 9.99. The van der Waals surface area contributed by atoms with Crippen LogP contribution in [0.3, 0.4) is 0 Å². The number of hydrogen-bond donors (Lipinski definition) is 0. The van der Waals surface area contributed by atoms with E-state index in [1.54, 1.807) is 10.7 Å². The monoisotopic (exact) mass is 300 g/mol. The molecule has 0 bridgehead atoms. The van der Waals surface area contributed by atoms with Crippen molar-refractivity contribution in [1.82, 2.24) is 29.4 Å². The summed E-state index contributed by atoms with van der Waals surface area (Å²) in [6.45, 7) is 5.61. The molecule has 2 aliphatic heterocycles. The minimum absolute atomic E-state index is 0.0740. The zero-order valence-electron chi connectivity index (χ0n) is 12.8. The van der Waals surface area contributed by atoms with E-state index in [2.05, 4.69) is 20.0 Å². The van der Waals surface area contributed by atoms with Gasteiger partial charge in [-0.2, -0.15) is 4.98 Å². The molecule has 0 radical (unpaired) electrons. The number of amides is 1. The van der Waals surface area contributed by atoms with Crippen LogP contribution in [-0.4, -0.2) is 67.5 Å². The second-order valence-electron chi connectivity index (χ2n) is 6.17. The number of piperazine rings is 1. The third-order valence-electron chi connectivity index (χ3n) is 4.75. The molecule has 2 aliphatic rings. The molecule has 2 fully saturated rings. The van der Waals surface area contributed by atoms with Crippen molar-refractivity contribution in [2.45, 2.75) is 32.2 Å². The van der Waals surface area contributed by atoms with Crippen LogP contribution in [0.25, 0.3) is 5.78 Å². The van der Waals surface area contributed by atoms with Crippen LogP contribution >= 0.6 is 0 Å². The summed E-state index contributed by atoms with van der Waals surface area (Å²) in [4.78, 5) is 25.6. The van der Waals surface area contributed by atoms with E-state index in [-0.39, 0.29) is 11.7 Å². The van der Waals surface area contributed by atoms with Gasteiger partial charge in [0.2, 0.25) is 5.82 Å². The van der Waals surface area contributed by atoms with Crippen LogP contribution in [0.1, 0.15) is 35.6 Å². The number of nitrogens with zero attached hydrogens (tertiary/aromatic N) is 6. The van der Waals surface area contributed by atoms with Gasteiger partial charge in [0.1, 0.15) is 0 Å². The van der Waals surface area contributed by atoms with E-state index in [0.29, 0.717) is 11.8 Å². The third-order valence-corrected chi connectivity index (χ3v) is 4.75. The highest BCUT2D eigenvalue weighted by atomic mass is 16.2. The van der Waals surface area contributed by atoms with Gasteiger partial charge >= 0.3 is 0 Å². The normalized spacial score (nSPS) is 22.8. The molecular weight excluding hydrogens is 280 g/mol. The van der Waals surface area contributed by atoms with Crippen molar-refractivity contribution < 1.29 is 4.79 Å². The molecule has 22 heavy (non-hydrogen) atoms. The van der Waals surface area contributed by atoms with Gasteiger partial charge in [0.25, 0.3) is 11.7 Å². The van der Waals surface area contributed by atoms with Gasteiger partial charge in [0.05, 0.1) is 0 Å². The molecule has 1 amide bonds. The number of carbonyl (C=O) groups excluding carboxylic acids is 1. The van der Waals surface area contributed by atoms with E-state index in [9.17, 15) is 4.79 Å². The average Bonchev–Trinajstić information content (AvgIpc) is 2.99. The molecule has 0 aromatic carbocycles. The average molecular weight is 300 g/mol. The second-order valence-corrected chi connectivity index (χ2v) is 6.17. The number of aryl methyl sites for hydroxylation is 1. The summed E-state index contributed by atoms with van der Waals surface area (Å²) in [5.41, 5.74) is 0.925. The lowest BCUT2D eigenvalue weighted by Gasteiger charge is -2.43. The summed E-state index contributed by atoms with van der Waals surface area (Å²) in [5, 5.41) is 4.33. The number of aromatic nitrogens is 4. The molecule has 0 saturated carbocycles. The molecule has 2 aromatic rings. The summed E-state index contributed by atoms with van der Waals surface area (Å²) in [6.07, 6.45) is 5.42. The Balaban J connectivity index is 1.56. The number of fused-ring (bicyclic) bond motifs is 2. The van der Waals surface area contributed by atoms with Gasteiger partial charge in [0.15, 0.2) is 0 Å². The third kappa shape index (κ3) is 2.25. The molecule has 7 nitrogen and oxygen atoms in total. The van der Waals surface area contributed by atoms with Crippen molar-refractivity contribution >= 4 is 11.7 Å². The van der Waals surface area contributed by atoms with Crippen molar-refractivity contribution in [3.8, 4) is 0 Å². The lowest BCUT2D eigenvalue weighted by molar-refractivity contribution is 0.0364. The highest BCUT2D eigenvalue weighted by molar-refractivity contribution is 5.91. The highest BCUT2D eigenvalue weighted by Crippen LogP contribution is 2.21. The van der Waals surface area contributed by atoms with Gasteiger partial charge in [-0.3, -0.25) is 9.69 Å². The number of carbonyl (C=O) groups is 1. The van der Waals surface area contributed by atoms with Crippen LogP contribution in [0.5, 0.6) is 0 Å². The van der Waals surface area contributed by atoms with Crippen LogP contribution in [0.4, 0.5) is 0 Å². The molecule has 0 spiro atoms. The van der Waals surface area contributed by atoms with Crippen LogP contribution in [0.15, 0.2) is 12.3 Å². The summed E-state index contributed by atoms with van der Waals surface area (Å²) in [6, 6.07) is 2.36. The Bertz CT molecular complexity index is 711. The zero-order chi connectivity index (χ0) is 15.1. The molecule has 2 saturated heterocycles. The van der Waals surface area contributed by atoms with Crippen LogP contribution in [0.2, 0.25) is 0 Å². The van der Waals surface area contributed by atoms with Crippen molar-refractivity contribution in [3.05, 3.63) is 23.8 Å². The predicted molar refractivity (Wildman–Crippen MR) is 80.6 cm³/mol. The second kappa shape index (κ2) is 5.31. The van der Waals surface area contributed by atoms with Crippen molar-refractivity contribution in [1.29, 1.82) is 0 Å². The smallest absolute Gasteiger partial charge is 0.293 e. The Hall–Kier alpha value is -2.02. The summed E-state index contributed by atoms with van der Waals surface area (Å²) in [7, 11) is 0. The molecule has 0 unspecified atom stereocenters. The number of piperidine rings is 1. The quantitative estimate of drug-likeness (QED) is 0.777. The van der Waals surface area contributed by atoms with Crippen molar-refractivity contribution in [2.24, 2.45) is 0 Å². The van der Waals surface area contributed by atoms with Crippen molar-refractivity contribution in [2.75, 3.05) is 26.2 Å². The Kier molecular flexibility index (Phi) is 3.29. The van der Waals surface area contributed by atoms with E-state index in [4.69, 9.17) is 0 Å². The SMILES string of the molecule is Cc1ccnc2nc(C(=O)N3CCN4CCCC[C@@H]4C3)nn12. The summed E-state index contributed by atoms with van der Waals surface area (Å²) in [5.74, 6) is 0.667. The van der Waals surface area contributed by atoms with Gasteiger partial charge in [-0.25, -0.2) is 9.50 Å². The molecule has 7 heteroatoms. The Morgan fingerprint density at radius 3 is 3.05 bits per heavy atom. The van der Waals surface area contributed by atoms with Crippen molar-refractivity contribution in [3.63, 3.8) is 0 Å². The first-order chi connectivity index (χ1) is 10.7. The molecule has 2 aromatic heterocycles. The summed E-state index contributed by atoms with van der Waals surface area (Å²) < 4.78 is 1.63. The highest BCUT2D eigenvalue weighted by Gasteiger charge is 2.32. The first-order valence-corrected chi connectivity index (χ1v) is 7.94. The molecule has 116 valence electrons. The molecule has 4 heterocycles. The molecular formula is C15H20N6O. The van der Waals surface area contributed by atoms with E-state index < -0.39 is 0 Å². The summed E-state index contributed by atoms with van der Waals surface area (Å²) >= 11 is 0. The standard InChI is InChI=1S/C15H20N6O/c1-11-5-6-16-15-17-13(18-21(11)15)14(22)20-9-8-19-7-3-2-4-12(19)10-20/h5-6,12H,2-4,7-10H2,1H3/t12-/m1/s1. The topological polar surface area (TPSA) is 66.6 Å². The Morgan fingerprint density at radius 2 is 2.18 bits per heavy atom. The Labute approximate surface area is 128 Å². The van der Waals surface area contributed by atoms with Crippen LogP contribution in [0, 0.1) is 6.92 Å².